The average molecular weight is 363 g/mol. The number of nitrogens with one attached hydrogen (secondary N) is 2. The summed E-state index contributed by atoms with van der Waals surface area (Å²) in [6.45, 7) is 1.79. The SMILES string of the molecule is CC1CC(NC(=O)Nc2ccnc(Cl)c2)N(c2ccc(F)cc2)C1=O. The first-order chi connectivity index (χ1) is 11.9. The molecule has 0 spiro atoms. The molecule has 3 amide bonds. The van der Waals surface area contributed by atoms with Gasteiger partial charge in [0.25, 0.3) is 0 Å². The number of hydrogen-bond donors (Lipinski definition) is 2. The Kier molecular flexibility index (Phi) is 4.85. The molecule has 2 heterocycles. The molecule has 1 fully saturated rings. The van der Waals surface area contributed by atoms with E-state index in [2.05, 4.69) is 15.6 Å². The van der Waals surface area contributed by atoms with Crippen LogP contribution in [0.5, 0.6) is 0 Å². The first kappa shape index (κ1) is 17.2. The molecule has 8 heteroatoms. The molecule has 1 aliphatic heterocycles. The van der Waals surface area contributed by atoms with Crippen LogP contribution in [0.4, 0.5) is 20.6 Å². The molecule has 2 aromatic rings. The van der Waals surface area contributed by atoms with Gasteiger partial charge in [0.15, 0.2) is 0 Å². The van der Waals surface area contributed by atoms with E-state index in [9.17, 15) is 14.0 Å². The molecule has 2 unspecified atom stereocenters. The van der Waals surface area contributed by atoms with Gasteiger partial charge in [-0.15, -0.1) is 0 Å². The molecular formula is C17H16ClFN4O2. The number of carbonyl (C=O) groups is 2. The number of benzene rings is 1. The monoisotopic (exact) mass is 362 g/mol. The topological polar surface area (TPSA) is 74.3 Å². The second-order valence-corrected chi connectivity index (χ2v) is 6.19. The van der Waals surface area contributed by atoms with Crippen LogP contribution in [0.2, 0.25) is 5.15 Å². The summed E-state index contributed by atoms with van der Waals surface area (Å²) in [7, 11) is 0. The highest BCUT2D eigenvalue weighted by molar-refractivity contribution is 6.29. The molecule has 3 rings (SSSR count). The zero-order valence-electron chi connectivity index (χ0n) is 13.4. The first-order valence-electron chi connectivity index (χ1n) is 7.72. The van der Waals surface area contributed by atoms with Gasteiger partial charge in [-0.1, -0.05) is 18.5 Å². The van der Waals surface area contributed by atoms with E-state index in [1.807, 2.05) is 0 Å². The summed E-state index contributed by atoms with van der Waals surface area (Å²) in [6.07, 6.45) is 1.41. The Bertz CT molecular complexity index is 799. The van der Waals surface area contributed by atoms with Crippen LogP contribution in [-0.4, -0.2) is 23.1 Å². The molecule has 0 aliphatic carbocycles. The van der Waals surface area contributed by atoms with Crippen LogP contribution in [0.15, 0.2) is 42.6 Å². The lowest BCUT2D eigenvalue weighted by atomic mass is 10.1. The van der Waals surface area contributed by atoms with Crippen LogP contribution >= 0.6 is 11.6 Å². The second-order valence-electron chi connectivity index (χ2n) is 5.80. The van der Waals surface area contributed by atoms with Crippen molar-refractivity contribution in [3.05, 3.63) is 53.6 Å². The predicted molar refractivity (Wildman–Crippen MR) is 92.9 cm³/mol. The minimum absolute atomic E-state index is 0.121. The largest absolute Gasteiger partial charge is 0.320 e. The summed E-state index contributed by atoms with van der Waals surface area (Å²) in [5, 5.41) is 5.68. The van der Waals surface area contributed by atoms with Crippen LogP contribution in [0.25, 0.3) is 0 Å². The summed E-state index contributed by atoms with van der Waals surface area (Å²) in [4.78, 5) is 30.0. The third-order valence-electron chi connectivity index (χ3n) is 3.93. The number of hydrogen-bond acceptors (Lipinski definition) is 3. The minimum Gasteiger partial charge on any atom is -0.317 e. The minimum atomic E-state index is -0.523. The summed E-state index contributed by atoms with van der Waals surface area (Å²) in [5.41, 5.74) is 1.02. The normalized spacial score (nSPS) is 19.8. The molecule has 0 bridgehead atoms. The van der Waals surface area contributed by atoms with Crippen molar-refractivity contribution >= 4 is 34.9 Å². The van der Waals surface area contributed by atoms with Gasteiger partial charge >= 0.3 is 6.03 Å². The number of pyridine rings is 1. The van der Waals surface area contributed by atoms with Crippen LogP contribution in [0.1, 0.15) is 13.3 Å². The Morgan fingerprint density at radius 1 is 1.32 bits per heavy atom. The third kappa shape index (κ3) is 3.88. The number of urea groups is 1. The number of carbonyl (C=O) groups excluding carboxylic acids is 2. The molecule has 0 radical (unpaired) electrons. The van der Waals surface area contributed by atoms with E-state index < -0.39 is 12.2 Å². The number of nitrogens with zero attached hydrogens (tertiary/aromatic N) is 2. The summed E-state index contributed by atoms with van der Waals surface area (Å²) >= 11 is 5.79. The van der Waals surface area contributed by atoms with Gasteiger partial charge in [-0.3, -0.25) is 9.69 Å². The Hall–Kier alpha value is -2.67. The standard InChI is InChI=1S/C17H16ClFN4O2/c1-10-8-15(22-17(25)21-12-6-7-20-14(18)9-12)23(16(10)24)13-4-2-11(19)3-5-13/h2-7,9-10,15H,8H2,1H3,(H2,20,21,22,25). The van der Waals surface area contributed by atoms with E-state index in [-0.39, 0.29) is 22.8 Å². The number of aromatic nitrogens is 1. The average Bonchev–Trinajstić information content (AvgIpc) is 2.82. The zero-order chi connectivity index (χ0) is 18.0. The molecule has 1 aliphatic rings. The summed E-state index contributed by atoms with van der Waals surface area (Å²) < 4.78 is 13.1. The van der Waals surface area contributed by atoms with Gasteiger partial charge in [0.1, 0.15) is 17.1 Å². The van der Waals surface area contributed by atoms with E-state index in [0.29, 0.717) is 17.8 Å². The molecule has 1 saturated heterocycles. The van der Waals surface area contributed by atoms with E-state index in [0.717, 1.165) is 0 Å². The van der Waals surface area contributed by atoms with Crippen molar-refractivity contribution in [1.82, 2.24) is 10.3 Å². The number of amides is 3. The highest BCUT2D eigenvalue weighted by atomic mass is 35.5. The summed E-state index contributed by atoms with van der Waals surface area (Å²) in [5.74, 6) is -0.755. The van der Waals surface area contributed by atoms with Gasteiger partial charge in [-0.25, -0.2) is 14.2 Å². The fraction of sp³-hybridized carbons (Fsp3) is 0.235. The molecule has 0 saturated carbocycles. The molecule has 2 atom stereocenters. The summed E-state index contributed by atoms with van der Waals surface area (Å²) in [6, 6.07) is 8.23. The maximum Gasteiger partial charge on any atom is 0.320 e. The third-order valence-corrected chi connectivity index (χ3v) is 4.14. The van der Waals surface area contributed by atoms with Crippen LogP contribution in [-0.2, 0) is 4.79 Å². The van der Waals surface area contributed by atoms with E-state index in [1.54, 1.807) is 13.0 Å². The molecular weight excluding hydrogens is 347 g/mol. The van der Waals surface area contributed by atoms with Crippen LogP contribution in [0.3, 0.4) is 0 Å². The second kappa shape index (κ2) is 7.06. The van der Waals surface area contributed by atoms with Crippen molar-refractivity contribution in [2.45, 2.75) is 19.5 Å². The Morgan fingerprint density at radius 3 is 2.72 bits per heavy atom. The van der Waals surface area contributed by atoms with E-state index in [1.165, 1.54) is 41.4 Å². The lowest BCUT2D eigenvalue weighted by molar-refractivity contribution is -0.120. The maximum absolute atomic E-state index is 13.1. The van der Waals surface area contributed by atoms with Gasteiger partial charge in [0, 0.05) is 23.5 Å². The van der Waals surface area contributed by atoms with Crippen molar-refractivity contribution < 1.29 is 14.0 Å². The van der Waals surface area contributed by atoms with Crippen molar-refractivity contribution in [3.8, 4) is 0 Å². The van der Waals surface area contributed by atoms with Gasteiger partial charge in [0.2, 0.25) is 5.91 Å². The van der Waals surface area contributed by atoms with E-state index >= 15 is 0 Å². The quantitative estimate of drug-likeness (QED) is 0.822. The number of rotatable bonds is 3. The van der Waals surface area contributed by atoms with Crippen molar-refractivity contribution in [2.75, 3.05) is 10.2 Å². The van der Waals surface area contributed by atoms with E-state index in [4.69, 9.17) is 11.6 Å². The fourth-order valence-electron chi connectivity index (χ4n) is 2.76. The Labute approximate surface area is 149 Å². The number of halogens is 2. The van der Waals surface area contributed by atoms with Crippen molar-refractivity contribution in [1.29, 1.82) is 0 Å². The molecule has 130 valence electrons. The Morgan fingerprint density at radius 2 is 2.04 bits per heavy atom. The van der Waals surface area contributed by atoms with Gasteiger partial charge in [0.05, 0.1) is 0 Å². The van der Waals surface area contributed by atoms with Crippen LogP contribution < -0.4 is 15.5 Å². The lowest BCUT2D eigenvalue weighted by Crippen LogP contribution is -2.47. The smallest absolute Gasteiger partial charge is 0.317 e. The predicted octanol–water partition coefficient (Wildman–Crippen LogP) is 3.39. The first-order valence-corrected chi connectivity index (χ1v) is 8.09. The highest BCUT2D eigenvalue weighted by Crippen LogP contribution is 2.29. The van der Waals surface area contributed by atoms with Crippen LogP contribution in [0, 0.1) is 11.7 Å². The maximum atomic E-state index is 13.1. The molecule has 25 heavy (non-hydrogen) atoms. The molecule has 1 aromatic carbocycles. The van der Waals surface area contributed by atoms with Gasteiger partial charge < -0.3 is 10.6 Å². The lowest BCUT2D eigenvalue weighted by Gasteiger charge is -2.25. The van der Waals surface area contributed by atoms with Gasteiger partial charge in [-0.2, -0.15) is 0 Å². The molecule has 2 N–H and O–H groups in total. The highest BCUT2D eigenvalue weighted by Gasteiger charge is 2.38. The molecule has 1 aromatic heterocycles. The molecule has 6 nitrogen and oxygen atoms in total. The zero-order valence-corrected chi connectivity index (χ0v) is 14.1. The Balaban J connectivity index is 1.74. The van der Waals surface area contributed by atoms with Crippen molar-refractivity contribution in [3.63, 3.8) is 0 Å². The fourth-order valence-corrected chi connectivity index (χ4v) is 2.94. The van der Waals surface area contributed by atoms with Crippen molar-refractivity contribution in [2.24, 2.45) is 5.92 Å². The number of anilines is 2. The van der Waals surface area contributed by atoms with Gasteiger partial charge in [-0.05, 0) is 42.8 Å².